The third kappa shape index (κ3) is 4.50. The standard InChI is InChI=1S/C17H13N3O6S2/c21-17(26-11-12-4-2-1-3-5-12)19-16-18-10-15(27-16)28(24,25)14-8-6-13(7-9-14)20(22)23/h1-10H,11H2,(H,18,19,21). The number of carbonyl (C=O) groups is 1. The van der Waals surface area contributed by atoms with Crippen molar-refractivity contribution in [2.24, 2.45) is 0 Å². The fourth-order valence-electron chi connectivity index (χ4n) is 2.15. The van der Waals surface area contributed by atoms with Crippen molar-refractivity contribution >= 4 is 38.1 Å². The van der Waals surface area contributed by atoms with Gasteiger partial charge >= 0.3 is 6.09 Å². The summed E-state index contributed by atoms with van der Waals surface area (Å²) in [4.78, 5) is 25.7. The molecule has 0 spiro atoms. The molecule has 11 heteroatoms. The van der Waals surface area contributed by atoms with Gasteiger partial charge in [-0.25, -0.2) is 18.2 Å². The lowest BCUT2D eigenvalue weighted by Crippen LogP contribution is -2.13. The summed E-state index contributed by atoms with van der Waals surface area (Å²) in [5.41, 5.74) is 0.588. The SMILES string of the molecule is O=C(Nc1ncc(S(=O)(=O)c2ccc([N+](=O)[O-])cc2)s1)OCc1ccccc1. The molecule has 0 bridgehead atoms. The summed E-state index contributed by atoms with van der Waals surface area (Å²) in [6.07, 6.45) is 0.339. The smallest absolute Gasteiger partial charge is 0.413 e. The Morgan fingerprint density at radius 2 is 1.82 bits per heavy atom. The molecule has 0 fully saturated rings. The van der Waals surface area contributed by atoms with Crippen molar-refractivity contribution in [3.63, 3.8) is 0 Å². The molecule has 0 aliphatic carbocycles. The zero-order chi connectivity index (χ0) is 20.1. The summed E-state index contributed by atoms with van der Waals surface area (Å²) >= 11 is 0.750. The third-order valence-corrected chi connectivity index (χ3v) is 6.67. The molecule has 2 aromatic carbocycles. The minimum Gasteiger partial charge on any atom is -0.444 e. The quantitative estimate of drug-likeness (QED) is 0.477. The molecule has 0 saturated heterocycles. The maximum atomic E-state index is 12.6. The molecule has 144 valence electrons. The van der Waals surface area contributed by atoms with Crippen LogP contribution in [0.4, 0.5) is 15.6 Å². The van der Waals surface area contributed by atoms with E-state index in [0.717, 1.165) is 47.4 Å². The second-order valence-electron chi connectivity index (χ2n) is 5.43. The number of ether oxygens (including phenoxy) is 1. The zero-order valence-electron chi connectivity index (χ0n) is 14.1. The Morgan fingerprint density at radius 1 is 1.14 bits per heavy atom. The molecular weight excluding hydrogens is 406 g/mol. The first-order chi connectivity index (χ1) is 13.4. The van der Waals surface area contributed by atoms with Crippen LogP contribution in [-0.4, -0.2) is 24.4 Å². The molecule has 0 saturated carbocycles. The van der Waals surface area contributed by atoms with Crippen molar-refractivity contribution < 1.29 is 22.9 Å². The predicted molar refractivity (Wildman–Crippen MR) is 101 cm³/mol. The highest BCUT2D eigenvalue weighted by atomic mass is 32.2. The number of thiazole rings is 1. The molecule has 1 amide bonds. The van der Waals surface area contributed by atoms with Crippen LogP contribution in [0.1, 0.15) is 5.56 Å². The molecule has 0 aliphatic heterocycles. The van der Waals surface area contributed by atoms with Gasteiger partial charge in [-0.05, 0) is 17.7 Å². The minimum atomic E-state index is -3.91. The highest BCUT2D eigenvalue weighted by Gasteiger charge is 2.22. The van der Waals surface area contributed by atoms with Crippen molar-refractivity contribution in [3.05, 3.63) is 76.5 Å². The number of aromatic nitrogens is 1. The Morgan fingerprint density at radius 3 is 2.46 bits per heavy atom. The summed E-state index contributed by atoms with van der Waals surface area (Å²) in [5.74, 6) is 0. The van der Waals surface area contributed by atoms with Gasteiger partial charge in [0.2, 0.25) is 9.84 Å². The van der Waals surface area contributed by atoms with Gasteiger partial charge in [0.1, 0.15) is 10.8 Å². The number of benzene rings is 2. The number of nitrogens with one attached hydrogen (secondary N) is 1. The van der Waals surface area contributed by atoms with Gasteiger partial charge < -0.3 is 4.74 Å². The van der Waals surface area contributed by atoms with Crippen LogP contribution in [0.2, 0.25) is 0 Å². The van der Waals surface area contributed by atoms with Crippen molar-refractivity contribution in [1.29, 1.82) is 0 Å². The average molecular weight is 419 g/mol. The fraction of sp³-hybridized carbons (Fsp3) is 0.0588. The van der Waals surface area contributed by atoms with Gasteiger partial charge in [0.25, 0.3) is 5.69 Å². The Bertz CT molecular complexity index is 1100. The summed E-state index contributed by atoms with van der Waals surface area (Å²) in [5, 5.41) is 13.1. The Balaban J connectivity index is 1.67. The number of hydrogen-bond acceptors (Lipinski definition) is 8. The molecule has 1 heterocycles. The van der Waals surface area contributed by atoms with E-state index in [1.807, 2.05) is 18.2 Å². The highest BCUT2D eigenvalue weighted by Crippen LogP contribution is 2.29. The first-order valence-corrected chi connectivity index (χ1v) is 10.1. The van der Waals surface area contributed by atoms with E-state index in [9.17, 15) is 23.3 Å². The van der Waals surface area contributed by atoms with Crippen molar-refractivity contribution in [3.8, 4) is 0 Å². The first-order valence-electron chi connectivity index (χ1n) is 7.79. The van der Waals surface area contributed by atoms with E-state index in [0.29, 0.717) is 0 Å². The Labute approximate surface area is 163 Å². The molecule has 28 heavy (non-hydrogen) atoms. The summed E-state index contributed by atoms with van der Waals surface area (Å²) in [6.45, 7) is 0.0615. The molecule has 3 rings (SSSR count). The van der Waals surface area contributed by atoms with E-state index in [1.165, 1.54) is 0 Å². The molecule has 9 nitrogen and oxygen atoms in total. The number of anilines is 1. The number of nitro benzene ring substituents is 1. The largest absolute Gasteiger partial charge is 0.444 e. The molecular formula is C17H13N3O6S2. The van der Waals surface area contributed by atoms with Crippen molar-refractivity contribution in [1.82, 2.24) is 4.98 Å². The lowest BCUT2D eigenvalue weighted by Gasteiger charge is -2.04. The van der Waals surface area contributed by atoms with Crippen LogP contribution >= 0.6 is 11.3 Å². The maximum Gasteiger partial charge on any atom is 0.413 e. The number of carbonyl (C=O) groups excluding carboxylic acids is 1. The van der Waals surface area contributed by atoms with Gasteiger partial charge in [-0.1, -0.05) is 41.7 Å². The number of nitrogens with zero attached hydrogens (tertiary/aromatic N) is 2. The summed E-state index contributed by atoms with van der Waals surface area (Å²) in [6, 6.07) is 13.6. The molecule has 3 aromatic rings. The van der Waals surface area contributed by atoms with Gasteiger partial charge in [0.15, 0.2) is 5.13 Å². The van der Waals surface area contributed by atoms with Crippen LogP contribution < -0.4 is 5.32 Å². The van der Waals surface area contributed by atoms with Gasteiger partial charge in [-0.15, -0.1) is 0 Å². The number of nitro groups is 1. The minimum absolute atomic E-state index is 0.0542. The average Bonchev–Trinajstić information content (AvgIpc) is 3.16. The van der Waals surface area contributed by atoms with Crippen LogP contribution in [0, 0.1) is 10.1 Å². The summed E-state index contributed by atoms with van der Waals surface area (Å²) in [7, 11) is -3.91. The monoisotopic (exact) mass is 419 g/mol. The highest BCUT2D eigenvalue weighted by molar-refractivity contribution is 7.93. The van der Waals surface area contributed by atoms with Crippen LogP contribution in [0.3, 0.4) is 0 Å². The van der Waals surface area contributed by atoms with Gasteiger partial charge in [0, 0.05) is 12.1 Å². The van der Waals surface area contributed by atoms with E-state index < -0.39 is 20.9 Å². The van der Waals surface area contributed by atoms with E-state index in [1.54, 1.807) is 12.1 Å². The van der Waals surface area contributed by atoms with Crippen molar-refractivity contribution in [2.45, 2.75) is 15.7 Å². The van der Waals surface area contributed by atoms with Crippen LogP contribution in [0.25, 0.3) is 0 Å². The molecule has 0 radical (unpaired) electrons. The molecule has 0 unspecified atom stereocenters. The lowest BCUT2D eigenvalue weighted by molar-refractivity contribution is -0.384. The molecule has 0 atom stereocenters. The Hall–Kier alpha value is -3.31. The number of hydrogen-bond donors (Lipinski definition) is 1. The fourth-order valence-corrected chi connectivity index (χ4v) is 4.57. The van der Waals surface area contributed by atoms with Crippen molar-refractivity contribution in [2.75, 3.05) is 5.32 Å². The van der Waals surface area contributed by atoms with Gasteiger partial charge in [-0.3, -0.25) is 15.4 Å². The van der Waals surface area contributed by atoms with E-state index >= 15 is 0 Å². The third-order valence-electron chi connectivity index (χ3n) is 3.53. The molecule has 1 aromatic heterocycles. The van der Waals surface area contributed by atoms with Crippen LogP contribution in [0.15, 0.2) is 69.9 Å². The maximum absolute atomic E-state index is 12.6. The second kappa shape index (κ2) is 8.15. The summed E-state index contributed by atoms with van der Waals surface area (Å²) < 4.78 is 30.1. The first kappa shape index (κ1) is 19.5. The van der Waals surface area contributed by atoms with E-state index in [-0.39, 0.29) is 26.5 Å². The predicted octanol–water partition coefficient (Wildman–Crippen LogP) is 3.63. The number of rotatable bonds is 6. The topological polar surface area (TPSA) is 128 Å². The molecule has 0 aliphatic rings. The Kier molecular flexibility index (Phi) is 5.66. The van der Waals surface area contributed by atoms with Gasteiger partial charge in [0.05, 0.1) is 16.0 Å². The van der Waals surface area contributed by atoms with Crippen LogP contribution in [0.5, 0.6) is 0 Å². The second-order valence-corrected chi connectivity index (χ2v) is 8.63. The lowest BCUT2D eigenvalue weighted by atomic mass is 10.2. The number of non-ortho nitro benzene ring substituents is 1. The molecule has 1 N–H and O–H groups in total. The number of amides is 1. The van der Waals surface area contributed by atoms with E-state index in [2.05, 4.69) is 10.3 Å². The van der Waals surface area contributed by atoms with Gasteiger partial charge in [-0.2, -0.15) is 0 Å². The zero-order valence-corrected chi connectivity index (χ0v) is 15.8. The normalized spacial score (nSPS) is 11.0. The van der Waals surface area contributed by atoms with Crippen LogP contribution in [-0.2, 0) is 21.2 Å². The van der Waals surface area contributed by atoms with E-state index in [4.69, 9.17) is 4.74 Å². The number of sulfone groups is 1.